The van der Waals surface area contributed by atoms with Crippen molar-refractivity contribution in [3.63, 3.8) is 0 Å². The molecule has 0 atom stereocenters. The number of thiazole rings is 1. The zero-order valence-corrected chi connectivity index (χ0v) is 17.1. The molecule has 0 aliphatic carbocycles. The van der Waals surface area contributed by atoms with E-state index in [1.54, 1.807) is 12.1 Å². The van der Waals surface area contributed by atoms with Crippen LogP contribution in [0.2, 0.25) is 0 Å². The van der Waals surface area contributed by atoms with E-state index in [9.17, 15) is 13.2 Å². The molecule has 1 aliphatic rings. The predicted octanol–water partition coefficient (Wildman–Crippen LogP) is 4.11. The fourth-order valence-corrected chi connectivity index (χ4v) is 5.17. The van der Waals surface area contributed by atoms with E-state index in [1.165, 1.54) is 17.4 Å². The molecular formula is C20H19N3O3S2. The highest BCUT2D eigenvalue weighted by Crippen LogP contribution is 2.30. The highest BCUT2D eigenvalue weighted by atomic mass is 32.2. The number of nitrogens with one attached hydrogen (secondary N) is 2. The third-order valence-corrected chi connectivity index (χ3v) is 6.90. The van der Waals surface area contributed by atoms with Gasteiger partial charge < -0.3 is 5.32 Å². The quantitative estimate of drug-likeness (QED) is 0.674. The zero-order chi connectivity index (χ0) is 19.9. The first-order valence-electron chi connectivity index (χ1n) is 8.80. The first kappa shape index (κ1) is 18.6. The summed E-state index contributed by atoms with van der Waals surface area (Å²) in [6.07, 6.45) is 0.883. The number of nitrogens with zero attached hydrogens (tertiary/aromatic N) is 1. The average molecular weight is 414 g/mol. The van der Waals surface area contributed by atoms with Crippen LogP contribution in [0.15, 0.2) is 46.7 Å². The van der Waals surface area contributed by atoms with E-state index in [0.717, 1.165) is 27.9 Å². The van der Waals surface area contributed by atoms with E-state index >= 15 is 0 Å². The SMILES string of the molecule is Cc1ccc(C)c(-c2csc(NS(=O)(=O)c3ccc4c(c3)CCC(=O)N4)n2)c1. The number of fused-ring (bicyclic) bond motifs is 1. The van der Waals surface area contributed by atoms with Crippen molar-refractivity contribution in [2.75, 3.05) is 10.0 Å². The summed E-state index contributed by atoms with van der Waals surface area (Å²) in [7, 11) is -3.76. The van der Waals surface area contributed by atoms with Crippen molar-refractivity contribution in [1.29, 1.82) is 0 Å². The van der Waals surface area contributed by atoms with E-state index in [4.69, 9.17) is 0 Å². The van der Waals surface area contributed by atoms with E-state index in [1.807, 2.05) is 37.4 Å². The van der Waals surface area contributed by atoms with Crippen molar-refractivity contribution in [2.24, 2.45) is 0 Å². The lowest BCUT2D eigenvalue weighted by Crippen LogP contribution is -2.20. The van der Waals surface area contributed by atoms with E-state index in [-0.39, 0.29) is 10.8 Å². The van der Waals surface area contributed by atoms with Crippen molar-refractivity contribution >= 4 is 38.1 Å². The Balaban J connectivity index is 1.60. The van der Waals surface area contributed by atoms with Crippen LogP contribution in [0.4, 0.5) is 10.8 Å². The molecule has 8 heteroatoms. The summed E-state index contributed by atoms with van der Waals surface area (Å²) in [5.41, 5.74) is 5.43. The van der Waals surface area contributed by atoms with E-state index in [2.05, 4.69) is 15.0 Å². The molecule has 0 saturated carbocycles. The summed E-state index contributed by atoms with van der Waals surface area (Å²) in [4.78, 5) is 16.1. The van der Waals surface area contributed by atoms with Crippen LogP contribution >= 0.6 is 11.3 Å². The molecular weight excluding hydrogens is 394 g/mol. The van der Waals surface area contributed by atoms with Gasteiger partial charge in [0.2, 0.25) is 5.91 Å². The molecule has 0 bridgehead atoms. The van der Waals surface area contributed by atoms with Crippen LogP contribution in [0, 0.1) is 13.8 Å². The summed E-state index contributed by atoms with van der Waals surface area (Å²) in [5, 5.41) is 4.93. The van der Waals surface area contributed by atoms with Gasteiger partial charge in [0.25, 0.3) is 10.0 Å². The Morgan fingerprint density at radius 2 is 1.93 bits per heavy atom. The molecule has 2 heterocycles. The second-order valence-corrected chi connectivity index (χ2v) is 9.37. The van der Waals surface area contributed by atoms with Crippen molar-refractivity contribution in [1.82, 2.24) is 4.98 Å². The molecule has 28 heavy (non-hydrogen) atoms. The third kappa shape index (κ3) is 3.65. The van der Waals surface area contributed by atoms with Gasteiger partial charge in [-0.15, -0.1) is 11.3 Å². The second-order valence-electron chi connectivity index (χ2n) is 6.83. The van der Waals surface area contributed by atoms with Crippen LogP contribution in [0.5, 0.6) is 0 Å². The maximum absolute atomic E-state index is 12.8. The summed E-state index contributed by atoms with van der Waals surface area (Å²) in [5.74, 6) is -0.0528. The number of carbonyl (C=O) groups is 1. The Labute approximate surface area is 167 Å². The van der Waals surface area contributed by atoms with Crippen molar-refractivity contribution < 1.29 is 13.2 Å². The van der Waals surface area contributed by atoms with Crippen LogP contribution in [0.25, 0.3) is 11.3 Å². The molecule has 4 rings (SSSR count). The van der Waals surface area contributed by atoms with Gasteiger partial charge in [0.15, 0.2) is 5.13 Å². The number of anilines is 2. The highest BCUT2D eigenvalue weighted by molar-refractivity contribution is 7.93. The van der Waals surface area contributed by atoms with Crippen molar-refractivity contribution in [2.45, 2.75) is 31.6 Å². The number of hydrogen-bond donors (Lipinski definition) is 2. The Kier molecular flexibility index (Phi) is 4.68. The molecule has 0 spiro atoms. The van der Waals surface area contributed by atoms with Gasteiger partial charge in [-0.25, -0.2) is 13.4 Å². The minimum absolute atomic E-state index is 0.0528. The molecule has 2 aromatic carbocycles. The van der Waals surface area contributed by atoms with Gasteiger partial charge in [0.1, 0.15) is 0 Å². The number of hydrogen-bond acceptors (Lipinski definition) is 5. The fourth-order valence-electron chi connectivity index (χ4n) is 3.16. The van der Waals surface area contributed by atoms with Gasteiger partial charge in [0, 0.05) is 23.1 Å². The second kappa shape index (κ2) is 7.03. The predicted molar refractivity (Wildman–Crippen MR) is 111 cm³/mol. The monoisotopic (exact) mass is 413 g/mol. The van der Waals surface area contributed by atoms with Gasteiger partial charge in [0.05, 0.1) is 10.6 Å². The average Bonchev–Trinajstić information content (AvgIpc) is 3.10. The highest BCUT2D eigenvalue weighted by Gasteiger charge is 2.21. The standard InChI is InChI=1S/C20H19N3O3S2/c1-12-3-4-13(2)16(9-12)18-11-27-20(22-18)23-28(25,26)15-6-7-17-14(10-15)5-8-19(24)21-17/h3-4,6-7,9-11H,5,8H2,1-2H3,(H,21,24)(H,22,23). The maximum Gasteiger partial charge on any atom is 0.263 e. The van der Waals surface area contributed by atoms with Gasteiger partial charge in [-0.2, -0.15) is 0 Å². The van der Waals surface area contributed by atoms with Crippen molar-refractivity contribution in [3.8, 4) is 11.3 Å². The number of sulfonamides is 1. The number of benzene rings is 2. The minimum Gasteiger partial charge on any atom is -0.326 e. The minimum atomic E-state index is -3.76. The molecule has 0 saturated heterocycles. The molecule has 2 N–H and O–H groups in total. The van der Waals surface area contributed by atoms with Crippen LogP contribution < -0.4 is 10.0 Å². The number of aryl methyl sites for hydroxylation is 3. The lowest BCUT2D eigenvalue weighted by Gasteiger charge is -2.17. The van der Waals surface area contributed by atoms with E-state index in [0.29, 0.717) is 23.7 Å². The molecule has 1 aromatic heterocycles. The molecule has 144 valence electrons. The molecule has 0 unspecified atom stereocenters. The van der Waals surface area contributed by atoms with E-state index < -0.39 is 10.0 Å². The van der Waals surface area contributed by atoms with Gasteiger partial charge >= 0.3 is 0 Å². The van der Waals surface area contributed by atoms with Gasteiger partial charge in [-0.1, -0.05) is 17.7 Å². The largest absolute Gasteiger partial charge is 0.326 e. The van der Waals surface area contributed by atoms with Gasteiger partial charge in [-0.3, -0.25) is 9.52 Å². The normalized spacial score (nSPS) is 13.7. The summed E-state index contributed by atoms with van der Waals surface area (Å²) in [6, 6.07) is 10.8. The maximum atomic E-state index is 12.8. The zero-order valence-electron chi connectivity index (χ0n) is 15.4. The van der Waals surface area contributed by atoms with Crippen molar-refractivity contribution in [3.05, 3.63) is 58.5 Å². The Morgan fingerprint density at radius 1 is 1.11 bits per heavy atom. The van der Waals surface area contributed by atoms with Crippen LogP contribution in [0.3, 0.4) is 0 Å². The molecule has 1 amide bonds. The smallest absolute Gasteiger partial charge is 0.263 e. The lowest BCUT2D eigenvalue weighted by molar-refractivity contribution is -0.116. The number of rotatable bonds is 4. The Hall–Kier alpha value is -2.71. The number of amides is 1. The molecule has 1 aliphatic heterocycles. The molecule has 3 aromatic rings. The van der Waals surface area contributed by atoms with Crippen LogP contribution in [0.1, 0.15) is 23.1 Å². The number of carbonyl (C=O) groups excluding carboxylic acids is 1. The summed E-state index contributed by atoms with van der Waals surface area (Å²) in [6.45, 7) is 4.02. The Bertz CT molecular complexity index is 1180. The molecule has 6 nitrogen and oxygen atoms in total. The van der Waals surface area contributed by atoms with Crippen LogP contribution in [-0.4, -0.2) is 19.3 Å². The lowest BCUT2D eigenvalue weighted by atomic mass is 10.0. The van der Waals surface area contributed by atoms with Crippen LogP contribution in [-0.2, 0) is 21.2 Å². The fraction of sp³-hybridized carbons (Fsp3) is 0.200. The third-order valence-electron chi connectivity index (χ3n) is 4.68. The Morgan fingerprint density at radius 3 is 2.75 bits per heavy atom. The topological polar surface area (TPSA) is 88.2 Å². The summed E-state index contributed by atoms with van der Waals surface area (Å²) >= 11 is 1.25. The molecule has 0 fully saturated rings. The van der Waals surface area contributed by atoms with Gasteiger partial charge in [-0.05, 0) is 55.7 Å². The first-order valence-corrected chi connectivity index (χ1v) is 11.2. The number of aromatic nitrogens is 1. The molecule has 0 radical (unpaired) electrons. The summed E-state index contributed by atoms with van der Waals surface area (Å²) < 4.78 is 28.1. The first-order chi connectivity index (χ1) is 13.3.